The molecule has 0 aliphatic heterocycles. The molecule has 19 heavy (non-hydrogen) atoms. The smallest absolute Gasteiger partial charge is 0.248 e. The lowest BCUT2D eigenvalue weighted by molar-refractivity contribution is 0.439. The summed E-state index contributed by atoms with van der Waals surface area (Å²) in [4.78, 5) is 18.0. The number of aromatic nitrogens is 3. The molecule has 0 atom stereocenters. The zero-order valence-electron chi connectivity index (χ0n) is 9.83. The lowest BCUT2D eigenvalue weighted by Gasteiger charge is -2.01. The van der Waals surface area contributed by atoms with Crippen LogP contribution in [0.3, 0.4) is 0 Å². The molecule has 0 spiro atoms. The highest BCUT2D eigenvalue weighted by Crippen LogP contribution is 2.34. The molecule has 0 fully saturated rings. The first-order chi connectivity index (χ1) is 9.25. The molecule has 3 N–H and O–H groups in total. The van der Waals surface area contributed by atoms with E-state index >= 15 is 0 Å². The highest BCUT2D eigenvalue weighted by atomic mass is 16.5. The van der Waals surface area contributed by atoms with E-state index in [-0.39, 0.29) is 11.4 Å². The fourth-order valence-electron chi connectivity index (χ4n) is 1.88. The van der Waals surface area contributed by atoms with Gasteiger partial charge in [0.25, 0.3) is 0 Å². The van der Waals surface area contributed by atoms with Crippen LogP contribution in [0, 0.1) is 0 Å². The Morgan fingerprint density at radius 1 is 1.26 bits per heavy atom. The van der Waals surface area contributed by atoms with Gasteiger partial charge in [0.1, 0.15) is 5.69 Å². The van der Waals surface area contributed by atoms with Gasteiger partial charge in [-0.2, -0.15) is 0 Å². The number of H-pyrrole nitrogens is 1. The van der Waals surface area contributed by atoms with Crippen LogP contribution < -0.4 is 11.3 Å². The third kappa shape index (κ3) is 1.99. The highest BCUT2D eigenvalue weighted by Gasteiger charge is 2.17. The van der Waals surface area contributed by atoms with Crippen LogP contribution in [0.2, 0.25) is 0 Å². The van der Waals surface area contributed by atoms with Crippen molar-refractivity contribution in [3.63, 3.8) is 0 Å². The molecule has 0 radical (unpaired) electrons. The van der Waals surface area contributed by atoms with E-state index in [1.165, 1.54) is 6.07 Å². The van der Waals surface area contributed by atoms with Crippen molar-refractivity contribution in [3.8, 4) is 22.4 Å². The molecular weight excluding hydrogens is 244 g/mol. The van der Waals surface area contributed by atoms with Gasteiger partial charge < -0.3 is 15.2 Å². The number of nitrogens with one attached hydrogen (secondary N) is 1. The summed E-state index contributed by atoms with van der Waals surface area (Å²) in [5.74, 6) is 0.197. The van der Waals surface area contributed by atoms with Gasteiger partial charge in [0.2, 0.25) is 11.4 Å². The third-order valence-electron chi connectivity index (χ3n) is 2.72. The van der Waals surface area contributed by atoms with E-state index in [9.17, 15) is 4.79 Å². The second-order valence-corrected chi connectivity index (χ2v) is 3.95. The largest absolute Gasteiger partial charge is 0.367 e. The molecule has 3 aromatic heterocycles. The van der Waals surface area contributed by atoms with Gasteiger partial charge in [-0.3, -0.25) is 9.78 Å². The number of nitrogens with two attached hydrogens (primary N) is 1. The van der Waals surface area contributed by atoms with E-state index in [1.54, 1.807) is 30.7 Å². The van der Waals surface area contributed by atoms with Crippen molar-refractivity contribution in [2.45, 2.75) is 0 Å². The summed E-state index contributed by atoms with van der Waals surface area (Å²) < 4.78 is 5.03. The van der Waals surface area contributed by atoms with E-state index in [0.29, 0.717) is 16.8 Å². The van der Waals surface area contributed by atoms with Crippen molar-refractivity contribution in [2.24, 2.45) is 0 Å². The van der Waals surface area contributed by atoms with Crippen molar-refractivity contribution in [3.05, 3.63) is 53.2 Å². The number of nitrogen functional groups attached to an aromatic ring is 1. The van der Waals surface area contributed by atoms with Gasteiger partial charge in [-0.1, -0.05) is 11.2 Å². The Balaban J connectivity index is 2.22. The normalized spacial score (nSPS) is 10.5. The number of rotatable bonds is 2. The number of pyridine rings is 2. The minimum Gasteiger partial charge on any atom is -0.367 e. The Kier molecular flexibility index (Phi) is 2.60. The summed E-state index contributed by atoms with van der Waals surface area (Å²) in [6.45, 7) is 0. The molecule has 0 saturated heterocycles. The second-order valence-electron chi connectivity index (χ2n) is 3.95. The standard InChI is InChI=1S/C13H10N4O2/c14-13-11(9-2-1-4-15-7-9)12(17-19-13)8-3-5-16-10(18)6-8/h1-7H,14H2,(H,16,18). The molecule has 3 rings (SSSR count). The van der Waals surface area contributed by atoms with Gasteiger partial charge in [-0.15, -0.1) is 0 Å². The summed E-state index contributed by atoms with van der Waals surface area (Å²) in [7, 11) is 0. The monoisotopic (exact) mass is 254 g/mol. The van der Waals surface area contributed by atoms with E-state index in [1.807, 2.05) is 6.07 Å². The van der Waals surface area contributed by atoms with Gasteiger partial charge in [0.15, 0.2) is 0 Å². The van der Waals surface area contributed by atoms with Crippen molar-refractivity contribution in [1.29, 1.82) is 0 Å². The van der Waals surface area contributed by atoms with E-state index in [0.717, 1.165) is 5.56 Å². The average Bonchev–Trinajstić information content (AvgIpc) is 2.82. The molecule has 94 valence electrons. The van der Waals surface area contributed by atoms with Crippen LogP contribution in [0.1, 0.15) is 0 Å². The van der Waals surface area contributed by atoms with Gasteiger partial charge >= 0.3 is 0 Å². The van der Waals surface area contributed by atoms with Crippen LogP contribution in [-0.4, -0.2) is 15.1 Å². The van der Waals surface area contributed by atoms with Crippen LogP contribution in [-0.2, 0) is 0 Å². The summed E-state index contributed by atoms with van der Waals surface area (Å²) in [5, 5.41) is 3.92. The Labute approximate surface area is 107 Å². The van der Waals surface area contributed by atoms with Crippen molar-refractivity contribution in [2.75, 3.05) is 5.73 Å². The van der Waals surface area contributed by atoms with Crippen LogP contribution in [0.25, 0.3) is 22.4 Å². The molecule has 0 saturated carbocycles. The van der Waals surface area contributed by atoms with E-state index in [2.05, 4.69) is 15.1 Å². The first-order valence-electron chi connectivity index (χ1n) is 5.60. The molecule has 6 nitrogen and oxygen atoms in total. The van der Waals surface area contributed by atoms with Gasteiger partial charge in [0.05, 0.1) is 5.56 Å². The van der Waals surface area contributed by atoms with Crippen LogP contribution in [0.4, 0.5) is 5.88 Å². The predicted octanol–water partition coefficient (Wildman–Crippen LogP) is 1.67. The SMILES string of the molecule is Nc1onc(-c2cc[nH]c(=O)c2)c1-c1cccnc1. The minimum absolute atomic E-state index is 0.197. The zero-order chi connectivity index (χ0) is 13.2. The fourth-order valence-corrected chi connectivity index (χ4v) is 1.88. The van der Waals surface area contributed by atoms with Crippen molar-refractivity contribution in [1.82, 2.24) is 15.1 Å². The number of hydrogen-bond donors (Lipinski definition) is 2. The maximum absolute atomic E-state index is 11.4. The van der Waals surface area contributed by atoms with Crippen LogP contribution >= 0.6 is 0 Å². The fraction of sp³-hybridized carbons (Fsp3) is 0. The summed E-state index contributed by atoms with van der Waals surface area (Å²) in [5.41, 5.74) is 8.19. The molecule has 0 bridgehead atoms. The molecular formula is C13H10N4O2. The molecule has 0 aliphatic carbocycles. The number of aromatic amines is 1. The summed E-state index contributed by atoms with van der Waals surface area (Å²) >= 11 is 0. The second kappa shape index (κ2) is 4.41. The van der Waals surface area contributed by atoms with Gasteiger partial charge in [0, 0.05) is 35.8 Å². The van der Waals surface area contributed by atoms with Gasteiger partial charge in [-0.25, -0.2) is 0 Å². The molecule has 6 heteroatoms. The number of anilines is 1. The molecule has 0 aliphatic rings. The van der Waals surface area contributed by atoms with Crippen molar-refractivity contribution >= 4 is 5.88 Å². The first-order valence-corrected chi connectivity index (χ1v) is 5.60. The Bertz CT molecular complexity index is 762. The molecule has 0 unspecified atom stereocenters. The summed E-state index contributed by atoms with van der Waals surface area (Å²) in [6.07, 6.45) is 4.88. The summed E-state index contributed by atoms with van der Waals surface area (Å²) in [6, 6.07) is 6.83. The highest BCUT2D eigenvalue weighted by molar-refractivity contribution is 5.86. The lowest BCUT2D eigenvalue weighted by Crippen LogP contribution is -2.02. The van der Waals surface area contributed by atoms with E-state index < -0.39 is 0 Å². The molecule has 3 aromatic rings. The lowest BCUT2D eigenvalue weighted by atomic mass is 10.0. The van der Waals surface area contributed by atoms with Crippen LogP contribution in [0.5, 0.6) is 0 Å². The molecule has 0 aromatic carbocycles. The van der Waals surface area contributed by atoms with Crippen LogP contribution in [0.15, 0.2) is 52.2 Å². The maximum Gasteiger partial charge on any atom is 0.248 e. The average molecular weight is 254 g/mol. The third-order valence-corrected chi connectivity index (χ3v) is 2.72. The Morgan fingerprint density at radius 3 is 2.89 bits per heavy atom. The predicted molar refractivity (Wildman–Crippen MR) is 70.2 cm³/mol. The quantitative estimate of drug-likeness (QED) is 0.725. The topological polar surface area (TPSA) is 97.8 Å². The molecule has 3 heterocycles. The van der Waals surface area contributed by atoms with Crippen molar-refractivity contribution < 1.29 is 4.52 Å². The number of nitrogens with zero attached hydrogens (tertiary/aromatic N) is 2. The number of hydrogen-bond acceptors (Lipinski definition) is 5. The van der Waals surface area contributed by atoms with Gasteiger partial charge in [-0.05, 0) is 12.1 Å². The molecule has 0 amide bonds. The maximum atomic E-state index is 11.4. The Hall–Kier alpha value is -2.89. The minimum atomic E-state index is -0.212. The first kappa shape index (κ1) is 11.2. The van der Waals surface area contributed by atoms with E-state index in [4.69, 9.17) is 10.3 Å². The zero-order valence-corrected chi connectivity index (χ0v) is 9.83. The Morgan fingerprint density at radius 2 is 2.16 bits per heavy atom.